The number of esters is 2. The molecular weight excluding hydrogens is 314 g/mol. The zero-order valence-corrected chi connectivity index (χ0v) is 14.3. The van der Waals surface area contributed by atoms with E-state index in [1.165, 1.54) is 6.92 Å². The molecule has 3 rings (SSSR count). The fourth-order valence-corrected chi connectivity index (χ4v) is 3.89. The summed E-state index contributed by atoms with van der Waals surface area (Å²) in [4.78, 5) is 27.2. The molecule has 0 spiro atoms. The second-order valence-electron chi connectivity index (χ2n) is 7.42. The summed E-state index contributed by atoms with van der Waals surface area (Å²) in [7, 11) is 0. The number of aliphatic hydroxyl groups is 2. The highest BCUT2D eigenvalue weighted by Gasteiger charge is 2.51. The topological polar surface area (TPSA) is 96.3 Å². The minimum absolute atomic E-state index is 0.0310. The third-order valence-corrected chi connectivity index (χ3v) is 5.37. The molecule has 0 aromatic heterocycles. The lowest BCUT2D eigenvalue weighted by atomic mass is 9.81. The van der Waals surface area contributed by atoms with Crippen LogP contribution in [0.2, 0.25) is 0 Å². The third kappa shape index (κ3) is 2.74. The van der Waals surface area contributed by atoms with E-state index in [2.05, 4.69) is 4.90 Å². The lowest BCUT2D eigenvalue weighted by Crippen LogP contribution is -2.54. The molecular formula is C17H25NO6. The first-order chi connectivity index (χ1) is 11.2. The second kappa shape index (κ2) is 6.13. The summed E-state index contributed by atoms with van der Waals surface area (Å²) in [6.45, 7) is 6.25. The van der Waals surface area contributed by atoms with Crippen LogP contribution in [0.3, 0.4) is 0 Å². The van der Waals surface area contributed by atoms with E-state index in [1.807, 2.05) is 6.08 Å². The summed E-state index contributed by atoms with van der Waals surface area (Å²) in [6.07, 6.45) is 0.767. The molecule has 2 fully saturated rings. The summed E-state index contributed by atoms with van der Waals surface area (Å²) >= 11 is 0. The maximum absolute atomic E-state index is 12.7. The van der Waals surface area contributed by atoms with Crippen LogP contribution in [0.1, 0.15) is 27.2 Å². The van der Waals surface area contributed by atoms with E-state index >= 15 is 0 Å². The molecule has 24 heavy (non-hydrogen) atoms. The van der Waals surface area contributed by atoms with Gasteiger partial charge in [0.05, 0.1) is 12.0 Å². The standard InChI is InChI=1S/C17H25NO6/c1-9(2)12-14(19)17(3,22)16(21)23-8-10-4-6-18-7-5-11(13(10)18)24-15(12)20/h4,9,11-14,19,22H,5-8H2,1-3H3. The minimum atomic E-state index is -2.17. The molecule has 134 valence electrons. The molecule has 0 aromatic rings. The molecule has 0 saturated carbocycles. The van der Waals surface area contributed by atoms with Crippen LogP contribution in [0.25, 0.3) is 0 Å². The van der Waals surface area contributed by atoms with E-state index in [9.17, 15) is 19.8 Å². The van der Waals surface area contributed by atoms with E-state index in [-0.39, 0.29) is 24.7 Å². The van der Waals surface area contributed by atoms with E-state index < -0.39 is 29.6 Å². The zero-order valence-electron chi connectivity index (χ0n) is 14.3. The van der Waals surface area contributed by atoms with Crippen LogP contribution in [0.15, 0.2) is 11.6 Å². The first kappa shape index (κ1) is 17.4. The number of aliphatic hydroxyl groups excluding tert-OH is 1. The van der Waals surface area contributed by atoms with Gasteiger partial charge in [-0.1, -0.05) is 19.9 Å². The largest absolute Gasteiger partial charge is 0.460 e. The first-order valence-corrected chi connectivity index (χ1v) is 8.44. The molecule has 0 bridgehead atoms. The van der Waals surface area contributed by atoms with Crippen LogP contribution >= 0.6 is 0 Å². The Balaban J connectivity index is 1.96. The van der Waals surface area contributed by atoms with Crippen molar-refractivity contribution in [1.82, 2.24) is 4.90 Å². The Morgan fingerprint density at radius 2 is 2.08 bits per heavy atom. The number of carbonyl (C=O) groups is 2. The smallest absolute Gasteiger partial charge is 0.340 e. The average Bonchev–Trinajstić information content (AvgIpc) is 3.06. The van der Waals surface area contributed by atoms with Gasteiger partial charge in [-0.3, -0.25) is 9.69 Å². The highest BCUT2D eigenvalue weighted by Crippen LogP contribution is 2.35. The molecule has 0 aliphatic carbocycles. The van der Waals surface area contributed by atoms with Gasteiger partial charge in [-0.25, -0.2) is 4.79 Å². The summed E-state index contributed by atoms with van der Waals surface area (Å²) in [6, 6.07) is -0.0882. The van der Waals surface area contributed by atoms with Crippen LogP contribution in [0.5, 0.6) is 0 Å². The van der Waals surface area contributed by atoms with Crippen molar-refractivity contribution < 1.29 is 29.3 Å². The van der Waals surface area contributed by atoms with Crippen LogP contribution in [0.4, 0.5) is 0 Å². The van der Waals surface area contributed by atoms with Gasteiger partial charge in [-0.15, -0.1) is 0 Å². The van der Waals surface area contributed by atoms with Crippen molar-refractivity contribution in [2.75, 3.05) is 19.7 Å². The SMILES string of the molecule is CC(C)C1C(=O)OC2CCN3CC=C(COC(=O)C(C)(O)C1O)C23. The van der Waals surface area contributed by atoms with E-state index in [4.69, 9.17) is 9.47 Å². The predicted octanol–water partition coefficient (Wildman–Crippen LogP) is -0.147. The lowest BCUT2D eigenvalue weighted by Gasteiger charge is -2.33. The first-order valence-electron chi connectivity index (χ1n) is 8.44. The quantitative estimate of drug-likeness (QED) is 0.507. The minimum Gasteiger partial charge on any atom is -0.460 e. The number of cyclic esters (lactones) is 1. The van der Waals surface area contributed by atoms with Gasteiger partial charge >= 0.3 is 11.9 Å². The second-order valence-corrected chi connectivity index (χ2v) is 7.42. The Morgan fingerprint density at radius 3 is 2.75 bits per heavy atom. The normalized spacial score (nSPS) is 40.7. The molecule has 0 aromatic carbocycles. The molecule has 3 heterocycles. The third-order valence-electron chi connectivity index (χ3n) is 5.37. The zero-order chi connectivity index (χ0) is 17.6. The summed E-state index contributed by atoms with van der Waals surface area (Å²) in [5.74, 6) is -2.81. The molecule has 3 aliphatic heterocycles. The Hall–Kier alpha value is -1.44. The van der Waals surface area contributed by atoms with Crippen LogP contribution in [-0.4, -0.2) is 70.6 Å². The van der Waals surface area contributed by atoms with Crippen LogP contribution in [-0.2, 0) is 19.1 Å². The lowest BCUT2D eigenvalue weighted by molar-refractivity contribution is -0.186. The van der Waals surface area contributed by atoms with Gasteiger partial charge in [0.2, 0.25) is 0 Å². The van der Waals surface area contributed by atoms with Crippen LogP contribution < -0.4 is 0 Å². The van der Waals surface area contributed by atoms with Gasteiger partial charge in [-0.05, 0) is 24.8 Å². The molecule has 0 amide bonds. The molecule has 0 radical (unpaired) electrons. The van der Waals surface area contributed by atoms with Crippen molar-refractivity contribution in [1.29, 1.82) is 0 Å². The number of ether oxygens (including phenoxy) is 2. The van der Waals surface area contributed by atoms with Crippen molar-refractivity contribution in [2.45, 2.75) is 51.0 Å². The van der Waals surface area contributed by atoms with E-state index in [0.717, 1.165) is 18.7 Å². The molecule has 7 nitrogen and oxygen atoms in total. The van der Waals surface area contributed by atoms with E-state index in [1.54, 1.807) is 13.8 Å². The van der Waals surface area contributed by atoms with Gasteiger partial charge < -0.3 is 19.7 Å². The molecule has 3 aliphatic rings. The van der Waals surface area contributed by atoms with Gasteiger partial charge in [-0.2, -0.15) is 0 Å². The number of carbonyl (C=O) groups excluding carboxylic acids is 2. The molecule has 2 N–H and O–H groups in total. The van der Waals surface area contributed by atoms with Crippen molar-refractivity contribution in [3.63, 3.8) is 0 Å². The summed E-state index contributed by atoms with van der Waals surface area (Å²) < 4.78 is 11.0. The van der Waals surface area contributed by atoms with E-state index in [0.29, 0.717) is 6.42 Å². The van der Waals surface area contributed by atoms with Gasteiger partial charge in [0.25, 0.3) is 0 Å². The average molecular weight is 339 g/mol. The number of hydrogen-bond acceptors (Lipinski definition) is 7. The Morgan fingerprint density at radius 1 is 1.38 bits per heavy atom. The Labute approximate surface area is 141 Å². The maximum Gasteiger partial charge on any atom is 0.340 e. The van der Waals surface area contributed by atoms with Gasteiger partial charge in [0.1, 0.15) is 18.8 Å². The molecule has 5 unspecified atom stereocenters. The number of nitrogens with zero attached hydrogens (tertiary/aromatic N) is 1. The molecule has 5 atom stereocenters. The summed E-state index contributed by atoms with van der Waals surface area (Å²) in [5.41, 5.74) is -1.29. The highest BCUT2D eigenvalue weighted by molar-refractivity contribution is 5.82. The number of rotatable bonds is 1. The van der Waals surface area contributed by atoms with Crippen molar-refractivity contribution >= 4 is 11.9 Å². The fourth-order valence-electron chi connectivity index (χ4n) is 3.89. The maximum atomic E-state index is 12.7. The highest BCUT2D eigenvalue weighted by atomic mass is 16.6. The van der Waals surface area contributed by atoms with Crippen LogP contribution in [0, 0.1) is 11.8 Å². The molecule has 7 heteroatoms. The Kier molecular flexibility index (Phi) is 4.44. The Bertz CT molecular complexity index is 569. The van der Waals surface area contributed by atoms with Gasteiger partial charge in [0.15, 0.2) is 5.60 Å². The predicted molar refractivity (Wildman–Crippen MR) is 83.9 cm³/mol. The van der Waals surface area contributed by atoms with Gasteiger partial charge in [0, 0.05) is 13.1 Å². The van der Waals surface area contributed by atoms with Crippen molar-refractivity contribution in [3.05, 3.63) is 11.6 Å². The summed E-state index contributed by atoms with van der Waals surface area (Å²) in [5, 5.41) is 21.0. The van der Waals surface area contributed by atoms with Crippen molar-refractivity contribution in [3.8, 4) is 0 Å². The fraction of sp³-hybridized carbons (Fsp3) is 0.765. The molecule has 2 saturated heterocycles. The van der Waals surface area contributed by atoms with Crippen molar-refractivity contribution in [2.24, 2.45) is 11.8 Å². The monoisotopic (exact) mass is 339 g/mol. The number of hydrogen-bond donors (Lipinski definition) is 2.